The fraction of sp³-hybridized carbons (Fsp3) is 0.480. The summed E-state index contributed by atoms with van der Waals surface area (Å²) < 4.78 is 9.34. The van der Waals surface area contributed by atoms with Crippen LogP contribution in [0.3, 0.4) is 0 Å². The second kappa shape index (κ2) is 11.3. The zero-order valence-corrected chi connectivity index (χ0v) is 21.0. The van der Waals surface area contributed by atoms with Crippen LogP contribution in [0.2, 0.25) is 0 Å². The standard InChI is InChI=1S/C25H32N4O5.ClH/c1-15-10-19(14-28(3)24(15)31)23-27-20-11-18(12-26-22(16(2)30)25(32)33)4-5-21(20)29(23)13-17-6-8-34-9-7-17;/h4-5,10-11,14,16-17,22,26,30H,6-9,12-13H2,1-3H3,(H,32,33);1H. The van der Waals surface area contributed by atoms with E-state index in [2.05, 4.69) is 9.88 Å². The quantitative estimate of drug-likeness (QED) is 0.431. The van der Waals surface area contributed by atoms with E-state index in [-0.39, 0.29) is 18.0 Å². The summed E-state index contributed by atoms with van der Waals surface area (Å²) in [7, 11) is 1.75. The van der Waals surface area contributed by atoms with Crippen molar-refractivity contribution in [2.75, 3.05) is 13.2 Å². The van der Waals surface area contributed by atoms with Gasteiger partial charge in [-0.3, -0.25) is 14.9 Å². The Morgan fingerprint density at radius 2 is 2.00 bits per heavy atom. The van der Waals surface area contributed by atoms with E-state index >= 15 is 0 Å². The molecule has 10 heteroatoms. The van der Waals surface area contributed by atoms with E-state index in [1.807, 2.05) is 37.4 Å². The molecule has 0 bridgehead atoms. The molecule has 9 nitrogen and oxygen atoms in total. The molecule has 0 saturated carbocycles. The molecule has 3 N–H and O–H groups in total. The first-order chi connectivity index (χ1) is 16.2. The number of aliphatic hydroxyl groups excluding tert-OH is 1. The van der Waals surface area contributed by atoms with Crippen molar-refractivity contribution >= 4 is 29.4 Å². The fourth-order valence-electron chi connectivity index (χ4n) is 4.57. The second-order valence-electron chi connectivity index (χ2n) is 9.19. The second-order valence-corrected chi connectivity index (χ2v) is 9.19. The maximum Gasteiger partial charge on any atom is 0.323 e. The summed E-state index contributed by atoms with van der Waals surface area (Å²) in [5.74, 6) is 0.184. The molecule has 3 heterocycles. The normalized spacial score (nSPS) is 16.1. The van der Waals surface area contributed by atoms with E-state index in [0.717, 1.165) is 60.6 Å². The van der Waals surface area contributed by atoms with E-state index in [1.54, 1.807) is 11.6 Å². The summed E-state index contributed by atoms with van der Waals surface area (Å²) in [6.45, 7) is 5.87. The Labute approximate surface area is 210 Å². The minimum Gasteiger partial charge on any atom is -0.480 e. The molecule has 0 amide bonds. The molecule has 0 radical (unpaired) electrons. The van der Waals surface area contributed by atoms with Crippen LogP contribution >= 0.6 is 12.4 Å². The number of aliphatic carboxylic acids is 1. The van der Waals surface area contributed by atoms with Gasteiger partial charge in [-0.1, -0.05) is 6.07 Å². The van der Waals surface area contributed by atoms with E-state index in [0.29, 0.717) is 18.0 Å². The van der Waals surface area contributed by atoms with Crippen LogP contribution in [0.15, 0.2) is 35.3 Å². The number of nitrogens with zero attached hydrogens (tertiary/aromatic N) is 3. The van der Waals surface area contributed by atoms with Crippen LogP contribution in [0, 0.1) is 12.8 Å². The average molecular weight is 505 g/mol. The zero-order chi connectivity index (χ0) is 24.4. The van der Waals surface area contributed by atoms with E-state index < -0.39 is 18.1 Å². The van der Waals surface area contributed by atoms with Crippen LogP contribution in [0.4, 0.5) is 0 Å². The van der Waals surface area contributed by atoms with Gasteiger partial charge in [0, 0.05) is 50.7 Å². The van der Waals surface area contributed by atoms with Crippen LogP contribution < -0.4 is 10.9 Å². The summed E-state index contributed by atoms with van der Waals surface area (Å²) in [5, 5.41) is 21.9. The number of hydrogen-bond acceptors (Lipinski definition) is 6. The molecule has 2 atom stereocenters. The lowest BCUT2D eigenvalue weighted by atomic mass is 10.00. The van der Waals surface area contributed by atoms with Gasteiger partial charge in [0.2, 0.25) is 0 Å². The number of hydrogen-bond donors (Lipinski definition) is 3. The van der Waals surface area contributed by atoms with Crippen LogP contribution in [-0.4, -0.2) is 55.7 Å². The van der Waals surface area contributed by atoms with Crippen molar-refractivity contribution in [1.82, 2.24) is 19.4 Å². The maximum atomic E-state index is 12.2. The van der Waals surface area contributed by atoms with Gasteiger partial charge in [0.1, 0.15) is 11.9 Å². The Bertz CT molecular complexity index is 1220. The number of carboxylic acid groups (broad SMARTS) is 1. The minimum absolute atomic E-state index is 0. The van der Waals surface area contributed by atoms with Gasteiger partial charge in [0.05, 0.1) is 17.1 Å². The van der Waals surface area contributed by atoms with Crippen LogP contribution in [0.5, 0.6) is 0 Å². The van der Waals surface area contributed by atoms with Gasteiger partial charge in [0.15, 0.2) is 0 Å². The molecule has 1 aliphatic heterocycles. The van der Waals surface area contributed by atoms with Gasteiger partial charge in [-0.15, -0.1) is 12.4 Å². The monoisotopic (exact) mass is 504 g/mol. The molecular weight excluding hydrogens is 472 g/mol. The number of fused-ring (bicyclic) bond motifs is 1. The Kier molecular flexibility index (Phi) is 8.71. The fourth-order valence-corrected chi connectivity index (χ4v) is 4.57. The number of aromatic nitrogens is 3. The van der Waals surface area contributed by atoms with Crippen LogP contribution in [0.1, 0.15) is 30.9 Å². The molecule has 1 saturated heterocycles. The molecule has 4 rings (SSSR count). The minimum atomic E-state index is -1.09. The molecule has 0 aliphatic carbocycles. The summed E-state index contributed by atoms with van der Waals surface area (Å²) in [6, 6.07) is 6.74. The number of rotatable bonds is 8. The summed E-state index contributed by atoms with van der Waals surface area (Å²) in [4.78, 5) is 28.6. The first kappa shape index (κ1) is 26.9. The average Bonchev–Trinajstić information content (AvgIpc) is 3.15. The number of pyridine rings is 1. The largest absolute Gasteiger partial charge is 0.480 e. The molecule has 190 valence electrons. The lowest BCUT2D eigenvalue weighted by Crippen LogP contribution is -2.44. The lowest BCUT2D eigenvalue weighted by molar-refractivity contribution is -0.142. The topological polar surface area (TPSA) is 119 Å². The molecule has 0 spiro atoms. The number of imidazole rings is 1. The van der Waals surface area contributed by atoms with E-state index in [4.69, 9.17) is 9.72 Å². The van der Waals surface area contributed by atoms with E-state index in [9.17, 15) is 19.8 Å². The first-order valence-electron chi connectivity index (χ1n) is 11.6. The van der Waals surface area contributed by atoms with Gasteiger partial charge < -0.3 is 24.1 Å². The van der Waals surface area contributed by atoms with Crippen molar-refractivity contribution in [3.63, 3.8) is 0 Å². The molecule has 35 heavy (non-hydrogen) atoms. The number of aliphatic hydroxyl groups is 1. The third kappa shape index (κ3) is 5.92. The number of aryl methyl sites for hydroxylation is 2. The van der Waals surface area contributed by atoms with Gasteiger partial charge in [0.25, 0.3) is 5.56 Å². The molecule has 1 aromatic carbocycles. The van der Waals surface area contributed by atoms with Crippen molar-refractivity contribution in [2.45, 2.75) is 51.9 Å². The lowest BCUT2D eigenvalue weighted by Gasteiger charge is -2.23. The Morgan fingerprint density at radius 3 is 2.63 bits per heavy atom. The maximum absolute atomic E-state index is 12.2. The zero-order valence-electron chi connectivity index (χ0n) is 20.2. The Hall–Kier alpha value is -2.72. The van der Waals surface area contributed by atoms with Crippen molar-refractivity contribution in [2.24, 2.45) is 13.0 Å². The van der Waals surface area contributed by atoms with Gasteiger partial charge in [-0.05, 0) is 56.4 Å². The smallest absolute Gasteiger partial charge is 0.323 e. The van der Waals surface area contributed by atoms with Crippen LogP contribution in [-0.2, 0) is 29.7 Å². The number of benzene rings is 1. The summed E-state index contributed by atoms with van der Waals surface area (Å²) in [6.07, 6.45) is 2.78. The number of carboxylic acids is 1. The molecule has 2 aromatic heterocycles. The predicted molar refractivity (Wildman–Crippen MR) is 136 cm³/mol. The highest BCUT2D eigenvalue weighted by Gasteiger charge is 2.23. The van der Waals surface area contributed by atoms with Crippen LogP contribution in [0.25, 0.3) is 22.4 Å². The summed E-state index contributed by atoms with van der Waals surface area (Å²) in [5.41, 5.74) is 4.17. The van der Waals surface area contributed by atoms with Crippen molar-refractivity contribution in [3.8, 4) is 11.4 Å². The number of halogens is 1. The number of ether oxygens (including phenoxy) is 1. The van der Waals surface area contributed by atoms with Gasteiger partial charge in [-0.25, -0.2) is 4.98 Å². The third-order valence-corrected chi connectivity index (χ3v) is 6.49. The Balaban J connectivity index is 0.00000342. The predicted octanol–water partition coefficient (Wildman–Crippen LogP) is 2.48. The highest BCUT2D eigenvalue weighted by atomic mass is 35.5. The highest BCUT2D eigenvalue weighted by molar-refractivity contribution is 5.85. The van der Waals surface area contributed by atoms with Gasteiger partial charge in [-0.2, -0.15) is 0 Å². The molecule has 1 aliphatic rings. The third-order valence-electron chi connectivity index (χ3n) is 6.49. The SMILES string of the molecule is Cc1cc(-c2nc3cc(CNC(C(=O)O)C(C)O)ccc3n2CC2CCOCC2)cn(C)c1=O.Cl. The first-order valence-corrected chi connectivity index (χ1v) is 11.6. The molecule has 2 unspecified atom stereocenters. The van der Waals surface area contributed by atoms with Gasteiger partial charge >= 0.3 is 5.97 Å². The van der Waals surface area contributed by atoms with Crippen molar-refractivity contribution < 1.29 is 19.7 Å². The number of carbonyl (C=O) groups is 1. The summed E-state index contributed by atoms with van der Waals surface area (Å²) >= 11 is 0. The van der Waals surface area contributed by atoms with E-state index in [1.165, 1.54) is 6.92 Å². The molecule has 1 fully saturated rings. The highest BCUT2D eigenvalue weighted by Crippen LogP contribution is 2.29. The molecular formula is C25H33ClN4O5. The molecule has 3 aromatic rings. The number of nitrogens with one attached hydrogen (secondary N) is 1. The van der Waals surface area contributed by atoms with Crippen molar-refractivity contribution in [1.29, 1.82) is 0 Å². The Morgan fingerprint density at radius 1 is 1.29 bits per heavy atom. The van der Waals surface area contributed by atoms with Crippen molar-refractivity contribution in [3.05, 3.63) is 51.9 Å².